The van der Waals surface area contributed by atoms with Crippen LogP contribution in [0.25, 0.3) is 0 Å². The first-order valence-corrected chi connectivity index (χ1v) is 7.26. The topological polar surface area (TPSA) is 42.4 Å². The van der Waals surface area contributed by atoms with Crippen LogP contribution in [0.4, 0.5) is 0 Å². The molecule has 1 atom stereocenters. The van der Waals surface area contributed by atoms with Gasteiger partial charge in [0.1, 0.15) is 5.75 Å². The highest BCUT2D eigenvalue weighted by Crippen LogP contribution is 2.26. The lowest BCUT2D eigenvalue weighted by Crippen LogP contribution is -2.05. The van der Waals surface area contributed by atoms with Crippen LogP contribution in [-0.2, 0) is 6.42 Å². The van der Waals surface area contributed by atoms with Crippen molar-refractivity contribution in [1.82, 2.24) is 4.98 Å². The van der Waals surface area contributed by atoms with E-state index in [0.29, 0.717) is 6.61 Å². The van der Waals surface area contributed by atoms with E-state index in [1.165, 1.54) is 4.88 Å². The van der Waals surface area contributed by atoms with E-state index in [0.717, 1.165) is 29.0 Å². The van der Waals surface area contributed by atoms with Gasteiger partial charge in [-0.05, 0) is 32.4 Å². The van der Waals surface area contributed by atoms with E-state index >= 15 is 0 Å². The molecule has 0 saturated carbocycles. The van der Waals surface area contributed by atoms with Crippen LogP contribution in [0.5, 0.6) is 5.75 Å². The molecule has 0 bridgehead atoms. The maximum Gasteiger partial charge on any atom is 0.125 e. The Morgan fingerprint density at radius 3 is 2.79 bits per heavy atom. The zero-order chi connectivity index (χ0) is 13.8. The Balaban J connectivity index is 2.03. The number of ether oxygens (including phenoxy) is 1. The van der Waals surface area contributed by atoms with Crippen LogP contribution in [0.2, 0.25) is 0 Å². The number of aliphatic hydroxyl groups is 1. The molecule has 1 aromatic heterocycles. The average molecular weight is 277 g/mol. The highest BCUT2D eigenvalue weighted by molar-refractivity contribution is 7.09. The van der Waals surface area contributed by atoms with Gasteiger partial charge in [-0.1, -0.05) is 12.1 Å². The van der Waals surface area contributed by atoms with Gasteiger partial charge in [0.05, 0.1) is 23.9 Å². The fraction of sp³-hybridized carbons (Fsp3) is 0.400. The number of aliphatic hydroxyl groups excluding tert-OH is 1. The molecule has 0 spiro atoms. The number of nitrogens with zero attached hydrogens (tertiary/aromatic N) is 1. The number of benzene rings is 1. The first kappa shape index (κ1) is 14.0. The number of thiazole rings is 1. The Bertz CT molecular complexity index is 549. The molecule has 2 aromatic rings. The lowest BCUT2D eigenvalue weighted by atomic mass is 10.1. The van der Waals surface area contributed by atoms with E-state index in [-0.39, 0.29) is 0 Å². The summed E-state index contributed by atoms with van der Waals surface area (Å²) in [5.74, 6) is 0.775. The van der Waals surface area contributed by atoms with Gasteiger partial charge in [-0.25, -0.2) is 4.98 Å². The normalized spacial score (nSPS) is 12.4. The van der Waals surface area contributed by atoms with Gasteiger partial charge < -0.3 is 9.84 Å². The van der Waals surface area contributed by atoms with Crippen molar-refractivity contribution >= 4 is 11.3 Å². The van der Waals surface area contributed by atoms with Gasteiger partial charge in [0.15, 0.2) is 0 Å². The second-order valence-corrected chi connectivity index (χ2v) is 5.62. The van der Waals surface area contributed by atoms with Crippen LogP contribution in [0.15, 0.2) is 23.7 Å². The lowest BCUT2D eigenvalue weighted by molar-refractivity contribution is 0.191. The van der Waals surface area contributed by atoms with E-state index in [9.17, 15) is 5.11 Å². The first-order valence-electron chi connectivity index (χ1n) is 6.38. The number of aromatic nitrogens is 1. The summed E-state index contributed by atoms with van der Waals surface area (Å²) >= 11 is 1.66. The Morgan fingerprint density at radius 1 is 1.37 bits per heavy atom. The van der Waals surface area contributed by atoms with Crippen LogP contribution in [0, 0.1) is 13.8 Å². The fourth-order valence-corrected chi connectivity index (χ4v) is 2.69. The quantitative estimate of drug-likeness (QED) is 0.910. The zero-order valence-electron chi connectivity index (χ0n) is 11.5. The van der Waals surface area contributed by atoms with Crippen LogP contribution in [-0.4, -0.2) is 16.7 Å². The van der Waals surface area contributed by atoms with E-state index in [1.54, 1.807) is 18.3 Å². The van der Waals surface area contributed by atoms with Gasteiger partial charge in [0, 0.05) is 16.9 Å². The zero-order valence-corrected chi connectivity index (χ0v) is 12.3. The molecule has 0 aliphatic heterocycles. The Kier molecular flexibility index (Phi) is 4.56. The van der Waals surface area contributed by atoms with Crippen molar-refractivity contribution in [3.05, 3.63) is 45.4 Å². The Hall–Kier alpha value is -1.39. The van der Waals surface area contributed by atoms with Crippen LogP contribution >= 0.6 is 11.3 Å². The van der Waals surface area contributed by atoms with Gasteiger partial charge in [-0.3, -0.25) is 0 Å². The third-order valence-corrected chi connectivity index (χ3v) is 4.05. The van der Waals surface area contributed by atoms with E-state index in [4.69, 9.17) is 4.74 Å². The van der Waals surface area contributed by atoms with Crippen molar-refractivity contribution in [1.29, 1.82) is 0 Å². The number of hydrogen-bond acceptors (Lipinski definition) is 4. The number of rotatable bonds is 5. The van der Waals surface area contributed by atoms with Crippen molar-refractivity contribution in [2.24, 2.45) is 0 Å². The molecule has 0 amide bonds. The third-order valence-electron chi connectivity index (χ3n) is 3.05. The molecule has 0 fully saturated rings. The molecule has 3 nitrogen and oxygen atoms in total. The average Bonchev–Trinajstić information content (AvgIpc) is 2.75. The minimum absolute atomic E-state index is 0.513. The summed E-state index contributed by atoms with van der Waals surface area (Å²) in [5.41, 5.74) is 4.91. The number of aryl methyl sites for hydroxylation is 2. The van der Waals surface area contributed by atoms with Crippen molar-refractivity contribution < 1.29 is 9.84 Å². The molecule has 0 aliphatic carbocycles. The van der Waals surface area contributed by atoms with Crippen LogP contribution in [0.1, 0.15) is 34.7 Å². The fourth-order valence-electron chi connectivity index (χ4n) is 1.93. The second-order valence-electron chi connectivity index (χ2n) is 4.68. The Morgan fingerprint density at radius 2 is 2.16 bits per heavy atom. The minimum Gasteiger partial charge on any atom is -0.493 e. The molecule has 2 rings (SSSR count). The van der Waals surface area contributed by atoms with Crippen LogP contribution in [0.3, 0.4) is 0 Å². The molecule has 0 radical (unpaired) electrons. The summed E-state index contributed by atoms with van der Waals surface area (Å²) in [6.07, 6.45) is 0.338. The summed E-state index contributed by atoms with van der Waals surface area (Å²) < 4.78 is 5.83. The summed E-state index contributed by atoms with van der Waals surface area (Å²) in [5, 5.41) is 9.73. The Labute approximate surface area is 117 Å². The minimum atomic E-state index is -0.513. The third kappa shape index (κ3) is 3.55. The number of hydrogen-bond donors (Lipinski definition) is 1. The van der Waals surface area contributed by atoms with E-state index in [1.807, 2.05) is 37.6 Å². The molecule has 1 aromatic carbocycles. The maximum atomic E-state index is 9.73. The highest BCUT2D eigenvalue weighted by Gasteiger charge is 2.10. The molecule has 19 heavy (non-hydrogen) atoms. The van der Waals surface area contributed by atoms with Crippen molar-refractivity contribution in [2.75, 3.05) is 6.61 Å². The van der Waals surface area contributed by atoms with Crippen molar-refractivity contribution in [3.8, 4) is 5.75 Å². The molecule has 1 heterocycles. The maximum absolute atomic E-state index is 9.73. The SMILES string of the molecule is Cc1ccc([C@H](C)O)c(OCCc2scnc2C)c1. The van der Waals surface area contributed by atoms with Gasteiger partial charge in [-0.2, -0.15) is 0 Å². The van der Waals surface area contributed by atoms with E-state index in [2.05, 4.69) is 4.98 Å². The van der Waals surface area contributed by atoms with Crippen molar-refractivity contribution in [2.45, 2.75) is 33.3 Å². The lowest BCUT2D eigenvalue weighted by Gasteiger charge is -2.14. The standard InChI is InChI=1S/C15H19NO2S/c1-10-4-5-13(12(3)17)14(8-10)18-7-6-15-11(2)16-9-19-15/h4-5,8-9,12,17H,6-7H2,1-3H3/t12-/m0/s1. The summed E-state index contributed by atoms with van der Waals surface area (Å²) in [6, 6.07) is 5.89. The summed E-state index contributed by atoms with van der Waals surface area (Å²) in [4.78, 5) is 5.48. The monoisotopic (exact) mass is 277 g/mol. The molecule has 0 aliphatic rings. The smallest absolute Gasteiger partial charge is 0.125 e. The van der Waals surface area contributed by atoms with Gasteiger partial charge in [0.25, 0.3) is 0 Å². The summed E-state index contributed by atoms with van der Waals surface area (Å²) in [7, 11) is 0. The van der Waals surface area contributed by atoms with E-state index < -0.39 is 6.10 Å². The van der Waals surface area contributed by atoms with Gasteiger partial charge in [0.2, 0.25) is 0 Å². The summed E-state index contributed by atoms with van der Waals surface area (Å²) in [6.45, 7) is 6.39. The largest absolute Gasteiger partial charge is 0.493 e. The molecule has 0 unspecified atom stereocenters. The molecule has 4 heteroatoms. The first-order chi connectivity index (χ1) is 9.08. The molecule has 0 saturated heterocycles. The van der Waals surface area contributed by atoms with Crippen molar-refractivity contribution in [3.63, 3.8) is 0 Å². The molecule has 102 valence electrons. The highest BCUT2D eigenvalue weighted by atomic mass is 32.1. The predicted octanol–water partition coefficient (Wildman–Crippen LogP) is 3.43. The second kappa shape index (κ2) is 6.17. The molecule has 1 N–H and O–H groups in total. The predicted molar refractivity (Wildman–Crippen MR) is 77.9 cm³/mol. The molecular weight excluding hydrogens is 258 g/mol. The van der Waals surface area contributed by atoms with Crippen LogP contribution < -0.4 is 4.74 Å². The van der Waals surface area contributed by atoms with Gasteiger partial charge >= 0.3 is 0 Å². The van der Waals surface area contributed by atoms with Gasteiger partial charge in [-0.15, -0.1) is 11.3 Å². The molecular formula is C15H19NO2S.